The molecule has 1 N–H and O–H groups in total. The number of aliphatic hydroxyl groups excluding tert-OH is 1. The number of nitrogens with zero attached hydrogens (tertiary/aromatic N) is 2. The third-order valence-electron chi connectivity index (χ3n) is 8.36. The average Bonchev–Trinajstić information content (AvgIpc) is 3.51. The van der Waals surface area contributed by atoms with Gasteiger partial charge in [-0.3, -0.25) is 14.4 Å². The minimum atomic E-state index is -1.26. The molecule has 1 aromatic rings. The van der Waals surface area contributed by atoms with Crippen molar-refractivity contribution in [1.29, 1.82) is 0 Å². The summed E-state index contributed by atoms with van der Waals surface area (Å²) in [5.74, 6) is -3.14. The molecular weight excluding hydrogens is 588 g/mol. The number of fused-ring (bicyclic) bond motifs is 1. The fraction of sp³-hybridized carbons (Fsp3) is 0.552. The van der Waals surface area contributed by atoms with Crippen molar-refractivity contribution < 1.29 is 29.0 Å². The van der Waals surface area contributed by atoms with E-state index in [0.717, 1.165) is 0 Å². The number of aliphatic hydroxyl groups is 1. The lowest BCUT2D eigenvalue weighted by molar-refractivity contribution is -0.156. The molecule has 4 rings (SSSR count). The summed E-state index contributed by atoms with van der Waals surface area (Å²) in [5.41, 5.74) is -0.675. The van der Waals surface area contributed by atoms with Crippen LogP contribution in [0.2, 0.25) is 5.02 Å². The topological polar surface area (TPSA) is 96.4 Å². The van der Waals surface area contributed by atoms with Gasteiger partial charge in [-0.15, -0.1) is 13.2 Å². The van der Waals surface area contributed by atoms with Gasteiger partial charge in [0.15, 0.2) is 0 Å². The molecule has 0 aliphatic carbocycles. The van der Waals surface area contributed by atoms with Crippen LogP contribution in [0.5, 0.6) is 0 Å². The van der Waals surface area contributed by atoms with Gasteiger partial charge < -0.3 is 24.4 Å². The Labute approximate surface area is 243 Å². The zero-order chi connectivity index (χ0) is 28.5. The van der Waals surface area contributed by atoms with Gasteiger partial charge in [-0.25, -0.2) is 0 Å². The van der Waals surface area contributed by atoms with E-state index < -0.39 is 41.6 Å². The number of hydrogen-bond acceptors (Lipinski definition) is 6. The molecule has 0 aromatic heterocycles. The second-order valence-electron chi connectivity index (χ2n) is 10.5. The number of carbonyl (C=O) groups excluding carboxylic acids is 3. The van der Waals surface area contributed by atoms with Crippen LogP contribution in [0.1, 0.15) is 33.1 Å². The summed E-state index contributed by atoms with van der Waals surface area (Å²) in [6.45, 7) is 11.4. The number of rotatable bonds is 12. The second kappa shape index (κ2) is 12.1. The predicted molar refractivity (Wildman–Crippen MR) is 153 cm³/mol. The van der Waals surface area contributed by atoms with E-state index in [2.05, 4.69) is 29.1 Å². The Bertz CT molecular complexity index is 1120. The number of anilines is 1. The van der Waals surface area contributed by atoms with Crippen molar-refractivity contribution in [3.63, 3.8) is 0 Å². The maximum atomic E-state index is 14.6. The van der Waals surface area contributed by atoms with Gasteiger partial charge in [-0.2, -0.15) is 0 Å². The van der Waals surface area contributed by atoms with E-state index in [1.165, 1.54) is 4.90 Å². The Morgan fingerprint density at radius 3 is 2.62 bits per heavy atom. The van der Waals surface area contributed by atoms with Crippen LogP contribution in [-0.2, 0) is 23.9 Å². The molecule has 1 spiro atoms. The number of likely N-dealkylation sites (tertiary alicyclic amines) is 1. The number of alkyl halides is 1. The second-order valence-corrected chi connectivity index (χ2v) is 12.1. The maximum Gasteiger partial charge on any atom is 0.312 e. The third-order valence-corrected chi connectivity index (χ3v) is 9.46. The van der Waals surface area contributed by atoms with Crippen LogP contribution < -0.4 is 4.90 Å². The van der Waals surface area contributed by atoms with Gasteiger partial charge in [0.05, 0.1) is 37.2 Å². The number of benzene rings is 1. The molecule has 3 heterocycles. The Morgan fingerprint density at radius 1 is 1.33 bits per heavy atom. The Balaban J connectivity index is 1.82. The van der Waals surface area contributed by atoms with E-state index in [1.54, 1.807) is 41.3 Å². The largest absolute Gasteiger partial charge is 0.465 e. The SMILES string of the molecule is C=CCCOC(=O)[C@H]1[C@H]2C(=O)N([C@@H](CO)[C@@H](C)CC)C(C(=O)N(CC=C)c3ccc(Cl)cc3)C23CC(Br)[C@@H]1O3. The molecule has 0 radical (unpaired) electrons. The average molecular weight is 624 g/mol. The molecule has 1 aromatic carbocycles. The van der Waals surface area contributed by atoms with Gasteiger partial charge in [-0.1, -0.05) is 60.0 Å². The van der Waals surface area contributed by atoms with Gasteiger partial charge >= 0.3 is 5.97 Å². The maximum absolute atomic E-state index is 14.6. The highest BCUT2D eigenvalue weighted by Crippen LogP contribution is 2.61. The van der Waals surface area contributed by atoms with Gasteiger partial charge in [0, 0.05) is 22.1 Å². The van der Waals surface area contributed by atoms with E-state index in [0.29, 0.717) is 30.0 Å². The van der Waals surface area contributed by atoms with Crippen molar-refractivity contribution in [2.45, 2.75) is 61.7 Å². The minimum absolute atomic E-state index is 0.108. The van der Waals surface area contributed by atoms with Crippen LogP contribution in [0, 0.1) is 17.8 Å². The van der Waals surface area contributed by atoms with Gasteiger partial charge in [0.2, 0.25) is 5.91 Å². The fourth-order valence-electron chi connectivity index (χ4n) is 6.35. The quantitative estimate of drug-likeness (QED) is 0.163. The first-order valence-corrected chi connectivity index (χ1v) is 14.7. The van der Waals surface area contributed by atoms with Crippen molar-refractivity contribution in [2.24, 2.45) is 17.8 Å². The molecule has 0 saturated carbocycles. The number of hydrogen-bond donors (Lipinski definition) is 1. The summed E-state index contributed by atoms with van der Waals surface area (Å²) >= 11 is 9.77. The van der Waals surface area contributed by atoms with Crippen molar-refractivity contribution in [2.75, 3.05) is 24.7 Å². The van der Waals surface area contributed by atoms with Crippen LogP contribution in [-0.4, -0.2) is 76.2 Å². The van der Waals surface area contributed by atoms with Crippen molar-refractivity contribution in [1.82, 2.24) is 4.90 Å². The van der Waals surface area contributed by atoms with E-state index in [1.807, 2.05) is 13.8 Å². The molecule has 8 nitrogen and oxygen atoms in total. The fourth-order valence-corrected chi connectivity index (χ4v) is 7.42. The highest BCUT2D eigenvalue weighted by molar-refractivity contribution is 9.09. The monoisotopic (exact) mass is 622 g/mol. The zero-order valence-electron chi connectivity index (χ0n) is 22.3. The molecule has 3 aliphatic heterocycles. The third kappa shape index (κ3) is 5.07. The lowest BCUT2D eigenvalue weighted by Crippen LogP contribution is -2.60. The molecule has 3 unspecified atom stereocenters. The normalized spacial score (nSPS) is 30.5. The lowest BCUT2D eigenvalue weighted by Gasteiger charge is -2.41. The molecule has 10 heteroatoms. The van der Waals surface area contributed by atoms with Crippen LogP contribution in [0.15, 0.2) is 49.6 Å². The molecule has 3 aliphatic rings. The zero-order valence-corrected chi connectivity index (χ0v) is 24.6. The van der Waals surface area contributed by atoms with E-state index >= 15 is 0 Å². The first-order valence-electron chi connectivity index (χ1n) is 13.4. The van der Waals surface area contributed by atoms with Crippen LogP contribution >= 0.6 is 27.5 Å². The number of ether oxygens (including phenoxy) is 2. The first kappa shape index (κ1) is 29.8. The van der Waals surface area contributed by atoms with E-state index in [4.69, 9.17) is 21.1 Å². The summed E-state index contributed by atoms with van der Waals surface area (Å²) in [5, 5.41) is 11.0. The molecule has 3 saturated heterocycles. The number of carbonyl (C=O) groups is 3. The Hall–Kier alpha value is -2.20. The summed E-state index contributed by atoms with van der Waals surface area (Å²) in [4.78, 5) is 45.0. The first-order chi connectivity index (χ1) is 18.7. The Morgan fingerprint density at radius 2 is 2.03 bits per heavy atom. The summed E-state index contributed by atoms with van der Waals surface area (Å²) in [6.07, 6.45) is 4.17. The smallest absolute Gasteiger partial charge is 0.312 e. The van der Waals surface area contributed by atoms with Crippen LogP contribution in [0.4, 0.5) is 5.69 Å². The van der Waals surface area contributed by atoms with Crippen LogP contribution in [0.25, 0.3) is 0 Å². The molecule has 8 atom stereocenters. The Kier molecular flexibility index (Phi) is 9.26. The minimum Gasteiger partial charge on any atom is -0.465 e. The molecule has 39 heavy (non-hydrogen) atoms. The molecular formula is C29H36BrClN2O6. The number of amides is 2. The summed E-state index contributed by atoms with van der Waals surface area (Å²) in [7, 11) is 0. The standard InChI is InChI=1S/C29H36BrClN2O6/c1-5-8-14-38-28(37)22-23-26(35)33(21(16-34)17(4)7-3)25(29(23)15-20(30)24(22)39-29)27(36)32(13-6-2)19-11-9-18(31)10-12-19/h5-6,9-12,17,20-25,34H,1-2,7-8,13-16H2,3-4H3/t17-,20?,21-,22-,23-,24-,25?,29?/m0/s1. The summed E-state index contributed by atoms with van der Waals surface area (Å²) in [6, 6.07) is 5.15. The number of halogens is 2. The van der Waals surface area contributed by atoms with E-state index in [9.17, 15) is 19.5 Å². The molecule has 3 fully saturated rings. The number of esters is 1. The highest BCUT2D eigenvalue weighted by Gasteiger charge is 2.77. The van der Waals surface area contributed by atoms with Gasteiger partial charge in [0.25, 0.3) is 5.91 Å². The highest BCUT2D eigenvalue weighted by atomic mass is 79.9. The van der Waals surface area contributed by atoms with Crippen molar-refractivity contribution >= 4 is 51.0 Å². The molecule has 2 amide bonds. The summed E-state index contributed by atoms with van der Waals surface area (Å²) < 4.78 is 12.1. The molecule has 2 bridgehead atoms. The van der Waals surface area contributed by atoms with Crippen molar-refractivity contribution in [3.05, 3.63) is 54.6 Å². The van der Waals surface area contributed by atoms with Gasteiger partial charge in [0.1, 0.15) is 11.6 Å². The van der Waals surface area contributed by atoms with Crippen molar-refractivity contribution in [3.8, 4) is 0 Å². The van der Waals surface area contributed by atoms with Crippen LogP contribution in [0.3, 0.4) is 0 Å². The predicted octanol–water partition coefficient (Wildman–Crippen LogP) is 4.13. The molecule has 212 valence electrons. The lowest BCUT2D eigenvalue weighted by atomic mass is 9.70. The van der Waals surface area contributed by atoms with E-state index in [-0.39, 0.29) is 42.3 Å². The van der Waals surface area contributed by atoms with Gasteiger partial charge in [-0.05, 0) is 43.0 Å².